The van der Waals surface area contributed by atoms with Crippen LogP contribution in [0.5, 0.6) is 28.7 Å². The molecule has 0 amide bonds. The van der Waals surface area contributed by atoms with Crippen molar-refractivity contribution >= 4 is 68.2 Å². The van der Waals surface area contributed by atoms with E-state index in [2.05, 4.69) is 56.8 Å². The van der Waals surface area contributed by atoms with Crippen LogP contribution < -0.4 is 33.5 Å². The molecule has 0 aliphatic carbocycles. The lowest BCUT2D eigenvalue weighted by Gasteiger charge is -2.37. The van der Waals surface area contributed by atoms with Gasteiger partial charge in [0.1, 0.15) is 51.4 Å². The first kappa shape index (κ1) is 54.8. The largest absolute Gasteiger partial charge is 0.494 e. The Kier molecular flexibility index (Phi) is 19.3. The van der Waals surface area contributed by atoms with E-state index in [-0.39, 0.29) is 11.4 Å². The summed E-state index contributed by atoms with van der Waals surface area (Å²) in [4.78, 5) is 25.4. The Labute approximate surface area is 438 Å². The second-order valence-corrected chi connectivity index (χ2v) is 16.8. The molecule has 396 valence electrons. The van der Waals surface area contributed by atoms with Gasteiger partial charge >= 0.3 is 0 Å². The molecule has 0 radical (unpaired) electrons. The van der Waals surface area contributed by atoms with Crippen molar-refractivity contribution in [3.05, 3.63) is 134 Å². The molecule has 0 N–H and O–H groups in total. The zero-order valence-electron chi connectivity index (χ0n) is 43.2. The molecule has 2 aliphatic heterocycles. The van der Waals surface area contributed by atoms with Gasteiger partial charge in [-0.3, -0.25) is 20.2 Å². The quantitative estimate of drug-likeness (QED) is 0.0348. The highest BCUT2D eigenvalue weighted by molar-refractivity contribution is 5.75. The number of hydrogen-bond acceptors (Lipinski definition) is 21. The number of azo groups is 4. The van der Waals surface area contributed by atoms with Crippen LogP contribution in [0.2, 0.25) is 0 Å². The summed E-state index contributed by atoms with van der Waals surface area (Å²) in [6.07, 6.45) is 4.18. The van der Waals surface area contributed by atoms with E-state index in [4.69, 9.17) is 33.2 Å². The van der Waals surface area contributed by atoms with Gasteiger partial charge in [-0.1, -0.05) is 0 Å². The molecule has 0 bridgehead atoms. The standard InChI is InChI=1S/C27H28N6O5.C26H30N6O6/c1-36-24-16-22(25(37-2)15-21(24)29-28-18-8-10-19(11-9-18)33(34)35)30-31-23-14-17-6-4-12-32-13-5-7-20(26(17)32)27(23)38-3;1-35-15-13-31(14-16-36-2)21-9-5-19(6-10-21)27-29-23-17-26(38-4)24(18-25(23)37-3)30-28-20-7-11-22(12-8-20)32(33)34/h8-11,14-16H,4-7,12-13H2,1-3H3;5-12,17-18H,13-16H2,1-4H3. The Morgan fingerprint density at radius 1 is 0.487 bits per heavy atom. The number of ether oxygens (including phenoxy) is 7. The summed E-state index contributed by atoms with van der Waals surface area (Å²) in [5, 5.41) is 56.2. The molecule has 2 heterocycles. The van der Waals surface area contributed by atoms with Crippen molar-refractivity contribution in [1.82, 2.24) is 0 Å². The van der Waals surface area contributed by atoms with Gasteiger partial charge in [-0.25, -0.2) is 0 Å². The summed E-state index contributed by atoms with van der Waals surface area (Å²) in [6, 6.07) is 27.9. The maximum absolute atomic E-state index is 10.9. The Morgan fingerprint density at radius 3 is 1.25 bits per heavy atom. The first-order valence-corrected chi connectivity index (χ1v) is 24.0. The fourth-order valence-corrected chi connectivity index (χ4v) is 8.39. The molecule has 0 saturated heterocycles. The van der Waals surface area contributed by atoms with Crippen molar-refractivity contribution in [2.45, 2.75) is 25.7 Å². The molecular formula is C53H58N12O11. The van der Waals surface area contributed by atoms with Crippen LogP contribution in [0.1, 0.15) is 24.0 Å². The maximum Gasteiger partial charge on any atom is 0.269 e. The number of aryl methyl sites for hydroxylation is 1. The van der Waals surface area contributed by atoms with Crippen LogP contribution in [0.15, 0.2) is 144 Å². The minimum absolute atomic E-state index is 0.0184. The smallest absolute Gasteiger partial charge is 0.269 e. The van der Waals surface area contributed by atoms with E-state index in [0.29, 0.717) is 81.7 Å². The number of non-ortho nitro benzene ring substituents is 2. The molecule has 23 nitrogen and oxygen atoms in total. The molecule has 0 spiro atoms. The molecule has 2 aliphatic rings. The van der Waals surface area contributed by atoms with E-state index >= 15 is 0 Å². The average molecular weight is 1040 g/mol. The van der Waals surface area contributed by atoms with Gasteiger partial charge < -0.3 is 43.0 Å². The van der Waals surface area contributed by atoms with E-state index < -0.39 is 9.85 Å². The maximum atomic E-state index is 10.9. The van der Waals surface area contributed by atoms with E-state index in [1.54, 1.807) is 45.6 Å². The van der Waals surface area contributed by atoms with Crippen molar-refractivity contribution in [1.29, 1.82) is 0 Å². The Morgan fingerprint density at radius 2 is 0.868 bits per heavy atom. The summed E-state index contributed by atoms with van der Waals surface area (Å²) in [7, 11) is 11.1. The number of benzene rings is 6. The van der Waals surface area contributed by atoms with Crippen LogP contribution in [-0.4, -0.2) is 99.0 Å². The highest BCUT2D eigenvalue weighted by Crippen LogP contribution is 2.47. The molecule has 23 heteroatoms. The first-order chi connectivity index (χ1) is 37.0. The predicted molar refractivity (Wildman–Crippen MR) is 286 cm³/mol. The molecule has 6 aromatic carbocycles. The van der Waals surface area contributed by atoms with Gasteiger partial charge in [0, 0.05) is 106 Å². The van der Waals surface area contributed by atoms with E-state index in [1.807, 2.05) is 24.3 Å². The van der Waals surface area contributed by atoms with Gasteiger partial charge in [0.05, 0.1) is 75.7 Å². The lowest BCUT2D eigenvalue weighted by molar-refractivity contribution is -0.385. The van der Waals surface area contributed by atoms with Crippen LogP contribution in [0.3, 0.4) is 0 Å². The minimum atomic E-state index is -0.475. The lowest BCUT2D eigenvalue weighted by atomic mass is 9.90. The zero-order valence-corrected chi connectivity index (χ0v) is 43.2. The second-order valence-electron chi connectivity index (χ2n) is 16.8. The van der Waals surface area contributed by atoms with Crippen molar-refractivity contribution in [3.63, 3.8) is 0 Å². The topological polar surface area (TPSA) is 256 Å². The van der Waals surface area contributed by atoms with Crippen LogP contribution in [0.4, 0.5) is 68.2 Å². The first-order valence-electron chi connectivity index (χ1n) is 24.0. The normalized spacial score (nSPS) is 12.9. The second kappa shape index (κ2) is 26.8. The van der Waals surface area contributed by atoms with E-state index in [9.17, 15) is 20.2 Å². The van der Waals surface area contributed by atoms with Gasteiger partial charge in [0.25, 0.3) is 11.4 Å². The van der Waals surface area contributed by atoms with Gasteiger partial charge in [-0.05, 0) is 85.8 Å². The van der Waals surface area contributed by atoms with Crippen molar-refractivity contribution in [3.8, 4) is 28.7 Å². The lowest BCUT2D eigenvalue weighted by Crippen LogP contribution is -2.34. The SMILES string of the molecule is COCCN(CCOC)c1ccc(N=Nc2cc(OC)c(N=Nc3ccc([N+](=O)[O-])cc3)cc2OC)cc1.COc1cc(N=Nc2cc3c4c(c2OC)CCCN4CCC3)c(OC)cc1N=Nc1ccc([N+](=O)[O-])cc1. The van der Waals surface area contributed by atoms with Crippen LogP contribution in [0, 0.1) is 20.2 Å². The third-order valence-electron chi connectivity index (χ3n) is 12.2. The number of anilines is 2. The Hall–Kier alpha value is -8.96. The number of nitro benzene ring substituents is 2. The molecule has 0 fully saturated rings. The van der Waals surface area contributed by atoms with Crippen molar-refractivity contribution < 1.29 is 43.0 Å². The molecule has 6 aromatic rings. The third kappa shape index (κ3) is 13.8. The monoisotopic (exact) mass is 1040 g/mol. The van der Waals surface area contributed by atoms with E-state index in [0.717, 1.165) is 63.3 Å². The molecule has 76 heavy (non-hydrogen) atoms. The van der Waals surface area contributed by atoms with Crippen LogP contribution in [-0.2, 0) is 22.3 Å². The Balaban J connectivity index is 0.000000221. The molecule has 0 unspecified atom stereocenters. The zero-order chi connectivity index (χ0) is 54.0. The van der Waals surface area contributed by atoms with Gasteiger partial charge in [0.15, 0.2) is 5.75 Å². The third-order valence-corrected chi connectivity index (χ3v) is 12.2. The highest BCUT2D eigenvalue weighted by Gasteiger charge is 2.28. The molecule has 0 saturated carbocycles. The van der Waals surface area contributed by atoms with Gasteiger partial charge in [-0.15, -0.1) is 25.6 Å². The van der Waals surface area contributed by atoms with Crippen molar-refractivity contribution in [2.24, 2.45) is 40.9 Å². The summed E-state index contributed by atoms with van der Waals surface area (Å²) >= 11 is 0. The summed E-state index contributed by atoms with van der Waals surface area (Å²) in [5.74, 6) is 2.46. The van der Waals surface area contributed by atoms with Gasteiger partial charge in [-0.2, -0.15) is 15.3 Å². The van der Waals surface area contributed by atoms with Gasteiger partial charge in [0.2, 0.25) is 0 Å². The van der Waals surface area contributed by atoms with Crippen molar-refractivity contribution in [2.75, 3.05) is 99.0 Å². The fraction of sp³-hybridized carbons (Fsp3) is 0.321. The number of rotatable bonds is 22. The fourth-order valence-electron chi connectivity index (χ4n) is 8.39. The van der Waals surface area contributed by atoms with Crippen LogP contribution in [0.25, 0.3) is 0 Å². The number of nitrogens with zero attached hydrogens (tertiary/aromatic N) is 12. The molecular weight excluding hydrogens is 981 g/mol. The highest BCUT2D eigenvalue weighted by atomic mass is 16.6. The Bertz CT molecular complexity index is 3070. The number of methoxy groups -OCH3 is 7. The minimum Gasteiger partial charge on any atom is -0.494 e. The average Bonchev–Trinajstić information content (AvgIpc) is 3.46. The predicted octanol–water partition coefficient (Wildman–Crippen LogP) is 13.7. The number of hydrogen-bond donors (Lipinski definition) is 0. The van der Waals surface area contributed by atoms with E-state index in [1.165, 1.54) is 93.8 Å². The molecule has 8 rings (SSSR count). The summed E-state index contributed by atoms with van der Waals surface area (Å²) < 4.78 is 38.3. The van der Waals surface area contributed by atoms with Crippen LogP contribution >= 0.6 is 0 Å². The summed E-state index contributed by atoms with van der Waals surface area (Å²) in [5.41, 5.74) is 8.77. The molecule has 0 atom stereocenters. The molecule has 0 aromatic heterocycles. The summed E-state index contributed by atoms with van der Waals surface area (Å²) in [6.45, 7) is 4.85. The number of nitro groups is 2.